The van der Waals surface area contributed by atoms with Crippen LogP contribution in [0.25, 0.3) is 0 Å². The quantitative estimate of drug-likeness (QED) is 0.731. The summed E-state index contributed by atoms with van der Waals surface area (Å²) in [4.78, 5) is 37.2. The largest absolute Gasteiger partial charge is 0.497 e. The van der Waals surface area contributed by atoms with E-state index in [0.29, 0.717) is 19.4 Å². The van der Waals surface area contributed by atoms with Crippen LogP contribution >= 0.6 is 0 Å². The van der Waals surface area contributed by atoms with Crippen LogP contribution < -0.4 is 15.4 Å². The Kier molecular flexibility index (Phi) is 5.43. The number of carbonyl (C=O) groups is 3. The molecule has 1 heterocycles. The van der Waals surface area contributed by atoms with Gasteiger partial charge < -0.3 is 15.4 Å². The second kappa shape index (κ2) is 7.33. The molecule has 1 saturated heterocycles. The second-order valence-electron chi connectivity index (χ2n) is 5.96. The maximum absolute atomic E-state index is 12.5. The van der Waals surface area contributed by atoms with Gasteiger partial charge in [-0.3, -0.25) is 14.5 Å². The molecule has 0 saturated carbocycles. The van der Waals surface area contributed by atoms with E-state index >= 15 is 0 Å². The highest BCUT2D eigenvalue weighted by Gasteiger charge is 2.47. The highest BCUT2D eigenvalue weighted by atomic mass is 16.5. The molecule has 1 aliphatic heterocycles. The Morgan fingerprint density at radius 2 is 1.96 bits per heavy atom. The zero-order valence-corrected chi connectivity index (χ0v) is 14.2. The van der Waals surface area contributed by atoms with Crippen molar-refractivity contribution < 1.29 is 19.1 Å². The van der Waals surface area contributed by atoms with E-state index < -0.39 is 11.6 Å². The molecule has 0 radical (unpaired) electrons. The first-order chi connectivity index (χ1) is 11.4. The highest BCUT2D eigenvalue weighted by molar-refractivity contribution is 6.08. The monoisotopic (exact) mass is 333 g/mol. The molecule has 1 aromatic rings. The number of hydrogen-bond acceptors (Lipinski definition) is 4. The number of methoxy groups -OCH3 is 1. The summed E-state index contributed by atoms with van der Waals surface area (Å²) in [6.07, 6.45) is 1.08. The summed E-state index contributed by atoms with van der Waals surface area (Å²) in [5.41, 5.74) is 0.0463. The van der Waals surface area contributed by atoms with Crippen LogP contribution in [-0.4, -0.2) is 48.5 Å². The molecule has 0 spiro atoms. The van der Waals surface area contributed by atoms with Gasteiger partial charge in [-0.1, -0.05) is 12.1 Å². The lowest BCUT2D eigenvalue weighted by Crippen LogP contribution is -2.45. The molecule has 24 heavy (non-hydrogen) atoms. The lowest BCUT2D eigenvalue weighted by Gasteiger charge is -2.21. The van der Waals surface area contributed by atoms with Crippen molar-refractivity contribution in [3.05, 3.63) is 29.8 Å². The van der Waals surface area contributed by atoms with Crippen molar-refractivity contribution in [2.24, 2.45) is 0 Å². The maximum atomic E-state index is 12.5. The highest BCUT2D eigenvalue weighted by Crippen LogP contribution is 2.23. The van der Waals surface area contributed by atoms with E-state index in [2.05, 4.69) is 10.6 Å². The number of ether oxygens (including phenoxy) is 1. The van der Waals surface area contributed by atoms with Crippen LogP contribution in [0.4, 0.5) is 4.79 Å². The molecule has 0 aliphatic carbocycles. The van der Waals surface area contributed by atoms with E-state index in [9.17, 15) is 14.4 Å². The molecule has 0 unspecified atom stereocenters. The van der Waals surface area contributed by atoms with E-state index in [0.717, 1.165) is 16.2 Å². The number of likely N-dealkylation sites (N-methyl/N-ethyl adjacent to an activating group) is 1. The third-order valence-corrected chi connectivity index (χ3v) is 4.09. The molecule has 1 atom stereocenters. The summed E-state index contributed by atoms with van der Waals surface area (Å²) in [5.74, 6) is 0.0518. The van der Waals surface area contributed by atoms with Gasteiger partial charge in [-0.25, -0.2) is 4.79 Å². The number of aryl methyl sites for hydroxylation is 1. The van der Waals surface area contributed by atoms with E-state index in [1.807, 2.05) is 24.3 Å². The number of carbonyl (C=O) groups excluding carboxylic acids is 3. The predicted octanol–water partition coefficient (Wildman–Crippen LogP) is 1.07. The van der Waals surface area contributed by atoms with Crippen molar-refractivity contribution >= 4 is 17.8 Å². The average Bonchev–Trinajstić information content (AvgIpc) is 2.77. The summed E-state index contributed by atoms with van der Waals surface area (Å²) in [7, 11) is 1.60. The number of imide groups is 1. The van der Waals surface area contributed by atoms with Gasteiger partial charge in [0.1, 0.15) is 17.8 Å². The van der Waals surface area contributed by atoms with Crippen LogP contribution in [0.2, 0.25) is 0 Å². The van der Waals surface area contributed by atoms with E-state index in [-0.39, 0.29) is 18.4 Å². The number of rotatable bonds is 7. The number of benzene rings is 1. The zero-order valence-electron chi connectivity index (χ0n) is 14.2. The van der Waals surface area contributed by atoms with Crippen molar-refractivity contribution in [3.8, 4) is 5.75 Å². The summed E-state index contributed by atoms with van der Waals surface area (Å²) in [6, 6.07) is 7.04. The Bertz CT molecular complexity index is 629. The van der Waals surface area contributed by atoms with Gasteiger partial charge in [0, 0.05) is 6.54 Å². The summed E-state index contributed by atoms with van der Waals surface area (Å²) >= 11 is 0. The molecule has 130 valence electrons. The first-order valence-corrected chi connectivity index (χ1v) is 7.93. The SMILES string of the molecule is CCNC(=O)CN1C(=O)N[C@](C)(CCc2ccc(OC)cc2)C1=O. The number of hydrogen-bond donors (Lipinski definition) is 2. The van der Waals surface area contributed by atoms with E-state index in [1.54, 1.807) is 21.0 Å². The molecule has 4 amide bonds. The topological polar surface area (TPSA) is 87.7 Å². The Labute approximate surface area is 141 Å². The zero-order chi connectivity index (χ0) is 17.7. The molecule has 1 aliphatic rings. The van der Waals surface area contributed by atoms with Gasteiger partial charge in [-0.05, 0) is 44.4 Å². The molecule has 0 bridgehead atoms. The Morgan fingerprint density at radius 1 is 1.29 bits per heavy atom. The summed E-state index contributed by atoms with van der Waals surface area (Å²) < 4.78 is 5.11. The fourth-order valence-electron chi connectivity index (χ4n) is 2.64. The molecule has 7 nitrogen and oxygen atoms in total. The van der Waals surface area contributed by atoms with Gasteiger partial charge in [-0.15, -0.1) is 0 Å². The van der Waals surface area contributed by atoms with Gasteiger partial charge in [0.15, 0.2) is 0 Å². The van der Waals surface area contributed by atoms with Crippen molar-refractivity contribution in [2.45, 2.75) is 32.2 Å². The third-order valence-electron chi connectivity index (χ3n) is 4.09. The first kappa shape index (κ1) is 17.8. The van der Waals surface area contributed by atoms with Crippen LogP contribution in [-0.2, 0) is 16.0 Å². The minimum atomic E-state index is -0.997. The molecule has 7 heteroatoms. The molecule has 2 rings (SSSR count). The van der Waals surface area contributed by atoms with Crippen molar-refractivity contribution in [2.75, 3.05) is 20.2 Å². The molecule has 0 aromatic heterocycles. The first-order valence-electron chi connectivity index (χ1n) is 7.93. The lowest BCUT2D eigenvalue weighted by atomic mass is 9.93. The Morgan fingerprint density at radius 3 is 2.54 bits per heavy atom. The minimum absolute atomic E-state index is 0.253. The van der Waals surface area contributed by atoms with Gasteiger partial charge in [0.2, 0.25) is 5.91 Å². The number of amides is 4. The van der Waals surface area contributed by atoms with Crippen molar-refractivity contribution in [3.63, 3.8) is 0 Å². The van der Waals surface area contributed by atoms with Crippen molar-refractivity contribution in [1.82, 2.24) is 15.5 Å². The van der Waals surface area contributed by atoms with Gasteiger partial charge >= 0.3 is 6.03 Å². The van der Waals surface area contributed by atoms with Crippen molar-refractivity contribution in [1.29, 1.82) is 0 Å². The molecule has 1 aromatic carbocycles. The standard InChI is InChI=1S/C17H23N3O4/c1-4-18-14(21)11-20-15(22)17(2,19-16(20)23)10-9-12-5-7-13(24-3)8-6-12/h5-8H,4,9-11H2,1-3H3,(H,18,21)(H,19,23)/t17-/m1/s1. The number of nitrogens with zero attached hydrogens (tertiary/aromatic N) is 1. The molecule has 1 fully saturated rings. The average molecular weight is 333 g/mol. The molecular formula is C17H23N3O4. The maximum Gasteiger partial charge on any atom is 0.325 e. The van der Waals surface area contributed by atoms with Crippen LogP contribution in [0.15, 0.2) is 24.3 Å². The van der Waals surface area contributed by atoms with Crippen LogP contribution in [0.5, 0.6) is 5.75 Å². The fraction of sp³-hybridized carbons (Fsp3) is 0.471. The number of urea groups is 1. The fourth-order valence-corrected chi connectivity index (χ4v) is 2.64. The van der Waals surface area contributed by atoms with Gasteiger partial charge in [0.05, 0.1) is 7.11 Å². The minimum Gasteiger partial charge on any atom is -0.497 e. The van der Waals surface area contributed by atoms with E-state index in [1.165, 1.54) is 0 Å². The lowest BCUT2D eigenvalue weighted by molar-refractivity contribution is -0.134. The Hall–Kier alpha value is -2.57. The summed E-state index contributed by atoms with van der Waals surface area (Å²) in [5, 5.41) is 5.29. The molecule has 2 N–H and O–H groups in total. The van der Waals surface area contributed by atoms with Crippen LogP contribution in [0.3, 0.4) is 0 Å². The van der Waals surface area contributed by atoms with E-state index in [4.69, 9.17) is 4.74 Å². The van der Waals surface area contributed by atoms with Crippen LogP contribution in [0.1, 0.15) is 25.8 Å². The summed E-state index contributed by atoms with van der Waals surface area (Å²) in [6.45, 7) is 3.67. The normalized spacial score (nSPS) is 20.0. The van der Waals surface area contributed by atoms with Gasteiger partial charge in [-0.2, -0.15) is 0 Å². The smallest absolute Gasteiger partial charge is 0.325 e. The van der Waals surface area contributed by atoms with Gasteiger partial charge in [0.25, 0.3) is 5.91 Å². The predicted molar refractivity (Wildman–Crippen MR) is 88.6 cm³/mol. The second-order valence-corrected chi connectivity index (χ2v) is 5.96. The third kappa shape index (κ3) is 3.84. The number of nitrogens with one attached hydrogen (secondary N) is 2. The molecular weight excluding hydrogens is 310 g/mol. The van der Waals surface area contributed by atoms with Crippen LogP contribution in [0, 0.1) is 0 Å². The Balaban J connectivity index is 2.00.